The van der Waals surface area contributed by atoms with Gasteiger partial charge in [-0.2, -0.15) is 0 Å². The predicted molar refractivity (Wildman–Crippen MR) is 170 cm³/mol. The van der Waals surface area contributed by atoms with Gasteiger partial charge in [-0.15, -0.1) is 0 Å². The quantitative estimate of drug-likeness (QED) is 0.159. The van der Waals surface area contributed by atoms with Gasteiger partial charge in [0.25, 0.3) is 0 Å². The van der Waals surface area contributed by atoms with Gasteiger partial charge in [0.2, 0.25) is 0 Å². The molecular weight excluding hydrogens is 487 g/mol. The van der Waals surface area contributed by atoms with Gasteiger partial charge in [0, 0.05) is 5.41 Å². The van der Waals surface area contributed by atoms with Gasteiger partial charge in [0.05, 0.1) is 11.2 Å². The molecule has 0 radical (unpaired) electrons. The highest BCUT2D eigenvalue weighted by atomic mass is 16.7. The van der Waals surface area contributed by atoms with Crippen LogP contribution in [0.4, 0.5) is 0 Å². The normalized spacial score (nSPS) is 18.6. The van der Waals surface area contributed by atoms with Crippen LogP contribution in [0.2, 0.25) is 0 Å². The van der Waals surface area contributed by atoms with Crippen LogP contribution in [0.15, 0.2) is 91.0 Å². The van der Waals surface area contributed by atoms with Crippen molar-refractivity contribution >= 4 is 55.7 Å². The molecular formula is C37H33BO2. The Morgan fingerprint density at radius 2 is 1.00 bits per heavy atom. The SMILES string of the molecule is CC1(C)c2ccc(B3OC(C)(C)C(C)(C)O3)cc2-c2c1c1c3ccccc3c3ccccc3c1c1ccccc21. The summed E-state index contributed by atoms with van der Waals surface area (Å²) in [7, 11) is -0.390. The van der Waals surface area contributed by atoms with Crippen LogP contribution >= 0.6 is 0 Å². The minimum atomic E-state index is -0.390. The topological polar surface area (TPSA) is 18.5 Å². The molecule has 2 nitrogen and oxygen atoms in total. The molecule has 1 heterocycles. The summed E-state index contributed by atoms with van der Waals surface area (Å²) in [6, 6.07) is 33.7. The van der Waals surface area contributed by atoms with Gasteiger partial charge in [-0.1, -0.05) is 105 Å². The van der Waals surface area contributed by atoms with Crippen LogP contribution in [0.5, 0.6) is 0 Å². The highest BCUT2D eigenvalue weighted by molar-refractivity contribution is 6.62. The van der Waals surface area contributed by atoms with Gasteiger partial charge in [0.15, 0.2) is 0 Å². The van der Waals surface area contributed by atoms with Gasteiger partial charge >= 0.3 is 7.12 Å². The van der Waals surface area contributed by atoms with Crippen LogP contribution in [-0.2, 0) is 14.7 Å². The molecule has 0 spiro atoms. The Morgan fingerprint density at radius 1 is 0.525 bits per heavy atom. The molecule has 1 saturated heterocycles. The Kier molecular flexibility index (Phi) is 4.68. The van der Waals surface area contributed by atoms with E-state index >= 15 is 0 Å². The Balaban J connectivity index is 1.53. The fourth-order valence-electron chi connectivity index (χ4n) is 7.34. The largest absolute Gasteiger partial charge is 0.494 e. The lowest BCUT2D eigenvalue weighted by Crippen LogP contribution is -2.41. The summed E-state index contributed by atoms with van der Waals surface area (Å²) in [5.41, 5.74) is 5.57. The third kappa shape index (κ3) is 2.97. The molecule has 6 aromatic rings. The summed E-state index contributed by atoms with van der Waals surface area (Å²) in [6.45, 7) is 13.3. The van der Waals surface area contributed by atoms with Crippen molar-refractivity contribution in [2.45, 2.75) is 58.2 Å². The number of rotatable bonds is 1. The Bertz CT molecular complexity index is 2030. The number of fused-ring (bicyclic) bond motifs is 13. The molecule has 0 amide bonds. The molecule has 8 rings (SSSR count). The van der Waals surface area contributed by atoms with E-state index in [9.17, 15) is 0 Å². The average molecular weight is 520 g/mol. The summed E-state index contributed by atoms with van der Waals surface area (Å²) in [5.74, 6) is 0. The van der Waals surface area contributed by atoms with Gasteiger partial charge in [-0.05, 0) is 98.5 Å². The maximum atomic E-state index is 6.49. The van der Waals surface area contributed by atoms with Crippen molar-refractivity contribution in [1.82, 2.24) is 0 Å². The van der Waals surface area contributed by atoms with Crippen LogP contribution in [-0.4, -0.2) is 18.3 Å². The minimum absolute atomic E-state index is 0.174. The maximum Gasteiger partial charge on any atom is 0.494 e. The van der Waals surface area contributed by atoms with E-state index in [-0.39, 0.29) is 23.7 Å². The van der Waals surface area contributed by atoms with Crippen LogP contribution in [0.25, 0.3) is 54.2 Å². The third-order valence-corrected chi connectivity index (χ3v) is 10.0. The number of benzene rings is 6. The van der Waals surface area contributed by atoms with Crippen LogP contribution in [0.1, 0.15) is 52.7 Å². The molecule has 40 heavy (non-hydrogen) atoms. The van der Waals surface area contributed by atoms with Crippen molar-refractivity contribution in [3.63, 3.8) is 0 Å². The van der Waals surface area contributed by atoms with Gasteiger partial charge in [0.1, 0.15) is 0 Å². The highest BCUT2D eigenvalue weighted by Gasteiger charge is 2.52. The molecule has 1 aliphatic heterocycles. The second-order valence-corrected chi connectivity index (χ2v) is 13.2. The molecule has 3 heteroatoms. The summed E-state index contributed by atoms with van der Waals surface area (Å²) in [5, 5.41) is 10.6. The standard InChI is InChI=1S/C37H33BO2/c1-35(2)30-20-19-22(38-39-36(3,4)37(5,6)40-38)21-29(30)32-28-18-12-11-17-27(28)31-25-15-9-7-13-23(25)24-14-8-10-16-26(24)33(31)34(32)35/h7-21H,1-6H3. The van der Waals surface area contributed by atoms with Crippen molar-refractivity contribution in [3.05, 3.63) is 102 Å². The van der Waals surface area contributed by atoms with E-state index in [1.807, 2.05) is 0 Å². The number of hydrogen-bond acceptors (Lipinski definition) is 2. The Morgan fingerprint density at radius 3 is 1.57 bits per heavy atom. The van der Waals surface area contributed by atoms with Gasteiger partial charge in [-0.3, -0.25) is 0 Å². The van der Waals surface area contributed by atoms with Crippen LogP contribution < -0.4 is 5.46 Å². The maximum absolute atomic E-state index is 6.49. The monoisotopic (exact) mass is 520 g/mol. The molecule has 0 bridgehead atoms. The third-order valence-electron chi connectivity index (χ3n) is 10.0. The molecule has 0 atom stereocenters. The van der Waals surface area contributed by atoms with Gasteiger partial charge < -0.3 is 9.31 Å². The van der Waals surface area contributed by atoms with Crippen molar-refractivity contribution in [1.29, 1.82) is 0 Å². The van der Waals surface area contributed by atoms with Crippen molar-refractivity contribution in [2.24, 2.45) is 0 Å². The van der Waals surface area contributed by atoms with E-state index in [1.54, 1.807) is 0 Å². The predicted octanol–water partition coefficient (Wildman–Crippen LogP) is 8.90. The van der Waals surface area contributed by atoms with E-state index in [0.717, 1.165) is 5.46 Å². The molecule has 0 aromatic heterocycles. The average Bonchev–Trinajstić information content (AvgIpc) is 3.32. The van der Waals surface area contributed by atoms with Crippen molar-refractivity contribution in [2.75, 3.05) is 0 Å². The Hall–Kier alpha value is -3.66. The van der Waals surface area contributed by atoms with Crippen LogP contribution in [0, 0.1) is 0 Å². The van der Waals surface area contributed by atoms with E-state index in [1.165, 1.54) is 65.3 Å². The summed E-state index contributed by atoms with van der Waals surface area (Å²) in [4.78, 5) is 0. The first-order chi connectivity index (χ1) is 19.1. The van der Waals surface area contributed by atoms with E-state index in [0.29, 0.717) is 0 Å². The lowest BCUT2D eigenvalue weighted by molar-refractivity contribution is 0.00578. The zero-order valence-corrected chi connectivity index (χ0v) is 24.1. The van der Waals surface area contributed by atoms with Crippen molar-refractivity contribution in [3.8, 4) is 11.1 Å². The van der Waals surface area contributed by atoms with Crippen molar-refractivity contribution < 1.29 is 9.31 Å². The summed E-state index contributed by atoms with van der Waals surface area (Å²) >= 11 is 0. The second-order valence-electron chi connectivity index (χ2n) is 13.2. The van der Waals surface area contributed by atoms with E-state index in [4.69, 9.17) is 9.31 Å². The molecule has 6 aromatic carbocycles. The first-order valence-corrected chi connectivity index (χ1v) is 14.4. The first kappa shape index (κ1) is 24.2. The molecule has 2 aliphatic rings. The van der Waals surface area contributed by atoms with Crippen LogP contribution in [0.3, 0.4) is 0 Å². The molecule has 0 saturated carbocycles. The zero-order chi connectivity index (χ0) is 27.6. The zero-order valence-electron chi connectivity index (χ0n) is 24.1. The van der Waals surface area contributed by atoms with E-state index < -0.39 is 0 Å². The fraction of sp³-hybridized carbons (Fsp3) is 0.243. The smallest absolute Gasteiger partial charge is 0.399 e. The lowest BCUT2D eigenvalue weighted by Gasteiger charge is -2.32. The number of hydrogen-bond donors (Lipinski definition) is 0. The second kappa shape index (κ2) is 7.75. The fourth-order valence-corrected chi connectivity index (χ4v) is 7.34. The molecule has 1 aliphatic carbocycles. The lowest BCUT2D eigenvalue weighted by atomic mass is 9.75. The Labute approximate surface area is 236 Å². The summed E-state index contributed by atoms with van der Waals surface area (Å²) in [6.07, 6.45) is 0. The first-order valence-electron chi connectivity index (χ1n) is 14.4. The molecule has 0 N–H and O–H groups in total. The van der Waals surface area contributed by atoms with E-state index in [2.05, 4.69) is 133 Å². The molecule has 196 valence electrons. The molecule has 0 unspecified atom stereocenters. The van der Waals surface area contributed by atoms with Gasteiger partial charge in [-0.25, -0.2) is 0 Å². The minimum Gasteiger partial charge on any atom is -0.399 e. The highest BCUT2D eigenvalue weighted by Crippen LogP contribution is 2.56. The molecule has 1 fully saturated rings. The summed E-state index contributed by atoms with van der Waals surface area (Å²) < 4.78 is 13.0.